The van der Waals surface area contributed by atoms with E-state index in [1.54, 1.807) is 0 Å². The first-order valence-corrected chi connectivity index (χ1v) is 6.54. The van der Waals surface area contributed by atoms with Crippen LogP contribution in [0.4, 0.5) is 0 Å². The molecule has 0 spiro atoms. The normalized spacial score (nSPS) is 20.2. The second kappa shape index (κ2) is 7.19. The molecule has 2 rings (SSSR count). The summed E-state index contributed by atoms with van der Waals surface area (Å²) in [6, 6.07) is 0.779. The third kappa shape index (κ3) is 4.45. The van der Waals surface area contributed by atoms with Gasteiger partial charge in [0, 0.05) is 45.2 Å². The molecule has 0 radical (unpaired) electrons. The van der Waals surface area contributed by atoms with E-state index in [0.29, 0.717) is 12.3 Å². The van der Waals surface area contributed by atoms with Gasteiger partial charge in [-0.05, 0) is 19.4 Å². The zero-order valence-corrected chi connectivity index (χ0v) is 11.5. The van der Waals surface area contributed by atoms with Gasteiger partial charge in [0.1, 0.15) is 0 Å². The number of nitrogens with zero attached hydrogens (tertiary/aromatic N) is 2. The maximum absolute atomic E-state index is 11.9. The molecule has 0 aromatic heterocycles. The molecule has 0 aromatic rings. The van der Waals surface area contributed by atoms with E-state index >= 15 is 0 Å². The fourth-order valence-corrected chi connectivity index (χ4v) is 2.35. The van der Waals surface area contributed by atoms with Crippen molar-refractivity contribution in [2.24, 2.45) is 0 Å². The van der Waals surface area contributed by atoms with E-state index in [9.17, 15) is 4.79 Å². The predicted molar refractivity (Wildman–Crippen MR) is 71.6 cm³/mol. The molecule has 1 saturated heterocycles. The number of carbonyl (C=O) groups is 1. The monoisotopic (exact) mass is 261 g/mol. The first-order valence-electron chi connectivity index (χ1n) is 6.54. The summed E-state index contributed by atoms with van der Waals surface area (Å²) in [5.74, 6) is 0.334. The van der Waals surface area contributed by atoms with Crippen LogP contribution in [0.5, 0.6) is 0 Å². The average molecular weight is 262 g/mol. The van der Waals surface area contributed by atoms with Crippen molar-refractivity contribution in [1.29, 1.82) is 0 Å². The SMILES string of the molecule is CCN(CCC(=O)N1CCNCC1)C1CC1.Cl. The largest absolute Gasteiger partial charge is 0.340 e. The summed E-state index contributed by atoms with van der Waals surface area (Å²) in [6.07, 6.45) is 3.36. The maximum Gasteiger partial charge on any atom is 0.223 e. The van der Waals surface area contributed by atoms with Crippen LogP contribution in [0.3, 0.4) is 0 Å². The molecule has 17 heavy (non-hydrogen) atoms. The van der Waals surface area contributed by atoms with Crippen molar-refractivity contribution < 1.29 is 4.79 Å². The van der Waals surface area contributed by atoms with E-state index in [2.05, 4.69) is 17.1 Å². The Morgan fingerprint density at radius 3 is 2.53 bits per heavy atom. The van der Waals surface area contributed by atoms with Crippen molar-refractivity contribution in [2.75, 3.05) is 39.3 Å². The van der Waals surface area contributed by atoms with E-state index in [1.165, 1.54) is 12.8 Å². The lowest BCUT2D eigenvalue weighted by molar-refractivity contribution is -0.132. The summed E-state index contributed by atoms with van der Waals surface area (Å²) in [4.78, 5) is 16.4. The Bertz CT molecular complexity index is 240. The van der Waals surface area contributed by atoms with E-state index in [0.717, 1.165) is 45.3 Å². The minimum absolute atomic E-state index is 0. The number of piperazine rings is 1. The zero-order valence-electron chi connectivity index (χ0n) is 10.7. The van der Waals surface area contributed by atoms with Gasteiger partial charge in [0.15, 0.2) is 0 Å². The topological polar surface area (TPSA) is 35.6 Å². The quantitative estimate of drug-likeness (QED) is 0.792. The lowest BCUT2D eigenvalue weighted by atomic mass is 10.3. The van der Waals surface area contributed by atoms with Gasteiger partial charge in [0.2, 0.25) is 5.91 Å². The van der Waals surface area contributed by atoms with Crippen LogP contribution in [0.2, 0.25) is 0 Å². The highest BCUT2D eigenvalue weighted by molar-refractivity contribution is 5.85. The van der Waals surface area contributed by atoms with E-state index in [-0.39, 0.29) is 12.4 Å². The summed E-state index contributed by atoms with van der Waals surface area (Å²) in [5.41, 5.74) is 0. The third-order valence-corrected chi connectivity index (χ3v) is 3.55. The minimum atomic E-state index is 0. The van der Waals surface area contributed by atoms with Gasteiger partial charge >= 0.3 is 0 Å². The second-order valence-electron chi connectivity index (χ2n) is 4.74. The summed E-state index contributed by atoms with van der Waals surface area (Å²) in [6.45, 7) is 7.89. The fourth-order valence-electron chi connectivity index (χ4n) is 2.35. The molecule has 0 aromatic carbocycles. The standard InChI is InChI=1S/C12H23N3O.ClH/c1-2-14(11-3-4-11)8-5-12(16)15-9-6-13-7-10-15;/h11,13H,2-10H2,1H3;1H. The van der Waals surface area contributed by atoms with Crippen LogP contribution in [-0.4, -0.2) is 61.0 Å². The summed E-state index contributed by atoms with van der Waals surface area (Å²) in [7, 11) is 0. The van der Waals surface area contributed by atoms with Crippen molar-refractivity contribution in [3.05, 3.63) is 0 Å². The number of hydrogen-bond acceptors (Lipinski definition) is 3. The van der Waals surface area contributed by atoms with Gasteiger partial charge in [-0.15, -0.1) is 12.4 Å². The van der Waals surface area contributed by atoms with Crippen molar-refractivity contribution in [3.8, 4) is 0 Å². The molecular weight excluding hydrogens is 238 g/mol. The first kappa shape index (κ1) is 14.7. The molecule has 1 heterocycles. The predicted octanol–water partition coefficient (Wildman–Crippen LogP) is 0.714. The Morgan fingerprint density at radius 2 is 2.00 bits per heavy atom. The maximum atomic E-state index is 11.9. The number of nitrogens with one attached hydrogen (secondary N) is 1. The summed E-state index contributed by atoms with van der Waals surface area (Å²) in [5, 5.41) is 3.27. The van der Waals surface area contributed by atoms with Crippen molar-refractivity contribution in [3.63, 3.8) is 0 Å². The van der Waals surface area contributed by atoms with Gasteiger partial charge in [-0.2, -0.15) is 0 Å². The fraction of sp³-hybridized carbons (Fsp3) is 0.917. The summed E-state index contributed by atoms with van der Waals surface area (Å²) < 4.78 is 0. The van der Waals surface area contributed by atoms with E-state index in [1.807, 2.05) is 4.90 Å². The molecule has 100 valence electrons. The molecule has 4 nitrogen and oxygen atoms in total. The van der Waals surface area contributed by atoms with Gasteiger partial charge in [-0.1, -0.05) is 6.92 Å². The zero-order chi connectivity index (χ0) is 11.4. The number of hydrogen-bond donors (Lipinski definition) is 1. The third-order valence-electron chi connectivity index (χ3n) is 3.55. The average Bonchev–Trinajstić information content (AvgIpc) is 3.15. The number of rotatable bonds is 5. The highest BCUT2D eigenvalue weighted by atomic mass is 35.5. The van der Waals surface area contributed by atoms with Crippen LogP contribution in [0.25, 0.3) is 0 Å². The van der Waals surface area contributed by atoms with Crippen molar-refractivity contribution in [2.45, 2.75) is 32.2 Å². The molecule has 1 N–H and O–H groups in total. The Balaban J connectivity index is 0.00000144. The number of carbonyl (C=O) groups excluding carboxylic acids is 1. The lowest BCUT2D eigenvalue weighted by Crippen LogP contribution is -2.47. The van der Waals surface area contributed by atoms with Gasteiger partial charge in [-0.25, -0.2) is 0 Å². The van der Waals surface area contributed by atoms with E-state index < -0.39 is 0 Å². The minimum Gasteiger partial charge on any atom is -0.340 e. The molecule has 1 saturated carbocycles. The highest BCUT2D eigenvalue weighted by Gasteiger charge is 2.28. The molecule has 1 aliphatic heterocycles. The first-order chi connectivity index (χ1) is 7.81. The Morgan fingerprint density at radius 1 is 1.35 bits per heavy atom. The second-order valence-corrected chi connectivity index (χ2v) is 4.74. The molecule has 0 bridgehead atoms. The van der Waals surface area contributed by atoms with Crippen LogP contribution in [0.15, 0.2) is 0 Å². The number of amides is 1. The molecule has 0 unspecified atom stereocenters. The van der Waals surface area contributed by atoms with Gasteiger partial charge in [0.25, 0.3) is 0 Å². The smallest absolute Gasteiger partial charge is 0.223 e. The Hall–Kier alpha value is -0.320. The lowest BCUT2D eigenvalue weighted by Gasteiger charge is -2.28. The van der Waals surface area contributed by atoms with Gasteiger partial charge < -0.3 is 15.1 Å². The molecule has 5 heteroatoms. The molecule has 1 amide bonds. The highest BCUT2D eigenvalue weighted by Crippen LogP contribution is 2.26. The van der Waals surface area contributed by atoms with Gasteiger partial charge in [0.05, 0.1) is 0 Å². The van der Waals surface area contributed by atoms with E-state index in [4.69, 9.17) is 0 Å². The Kier molecular flexibility index (Phi) is 6.23. The Labute approximate surface area is 110 Å². The van der Waals surface area contributed by atoms with Crippen molar-refractivity contribution in [1.82, 2.24) is 15.1 Å². The summed E-state index contributed by atoms with van der Waals surface area (Å²) >= 11 is 0. The van der Waals surface area contributed by atoms with Crippen LogP contribution in [-0.2, 0) is 4.79 Å². The number of halogens is 1. The van der Waals surface area contributed by atoms with Crippen LogP contribution < -0.4 is 5.32 Å². The molecule has 1 aliphatic carbocycles. The van der Waals surface area contributed by atoms with Crippen molar-refractivity contribution >= 4 is 18.3 Å². The molecule has 2 fully saturated rings. The van der Waals surface area contributed by atoms with Gasteiger partial charge in [-0.3, -0.25) is 4.79 Å². The molecule has 0 atom stereocenters. The molecular formula is C12H24ClN3O. The molecule has 2 aliphatic rings. The van der Waals surface area contributed by atoms with Crippen LogP contribution >= 0.6 is 12.4 Å². The van der Waals surface area contributed by atoms with Crippen LogP contribution in [0, 0.1) is 0 Å². The van der Waals surface area contributed by atoms with Crippen LogP contribution in [0.1, 0.15) is 26.2 Å².